The van der Waals surface area contributed by atoms with Gasteiger partial charge in [0.1, 0.15) is 17.6 Å². The number of hydrogen-bond donors (Lipinski definition) is 1. The third-order valence-electron chi connectivity index (χ3n) is 5.68. The van der Waals surface area contributed by atoms with Gasteiger partial charge in [0.25, 0.3) is 0 Å². The lowest BCUT2D eigenvalue weighted by molar-refractivity contribution is -0.0254. The lowest BCUT2D eigenvalue weighted by Gasteiger charge is -2.29. The van der Waals surface area contributed by atoms with Gasteiger partial charge in [-0.3, -0.25) is 0 Å². The lowest BCUT2D eigenvalue weighted by Crippen LogP contribution is -2.43. The molecule has 1 fully saturated rings. The first-order chi connectivity index (χ1) is 14.4. The average molecular weight is 411 g/mol. The van der Waals surface area contributed by atoms with Crippen LogP contribution in [0.1, 0.15) is 33.6 Å². The van der Waals surface area contributed by atoms with Gasteiger partial charge in [0.2, 0.25) is 0 Å². The Morgan fingerprint density at radius 2 is 1.47 bits per heavy atom. The molecule has 1 aliphatic heterocycles. The van der Waals surface area contributed by atoms with Gasteiger partial charge in [0, 0.05) is 0 Å². The van der Waals surface area contributed by atoms with Crippen LogP contribution in [0.2, 0.25) is 0 Å². The van der Waals surface area contributed by atoms with E-state index in [1.54, 1.807) is 0 Å². The number of hydrogen-bond acceptors (Lipinski definition) is 4. The zero-order valence-electron chi connectivity index (χ0n) is 18.2. The summed E-state index contributed by atoms with van der Waals surface area (Å²) < 4.78 is 18.9. The zero-order chi connectivity index (χ0) is 21.6. The van der Waals surface area contributed by atoms with E-state index in [9.17, 15) is 5.11 Å². The fraction of sp³-hybridized carbons (Fsp3) is 0.462. The molecule has 30 heavy (non-hydrogen) atoms. The van der Waals surface area contributed by atoms with Gasteiger partial charge >= 0.3 is 0 Å². The summed E-state index contributed by atoms with van der Waals surface area (Å²) in [6.07, 6.45) is 2.49. The third-order valence-corrected chi connectivity index (χ3v) is 5.68. The highest BCUT2D eigenvalue weighted by Gasteiger charge is 2.48. The van der Waals surface area contributed by atoms with Crippen LogP contribution in [0.25, 0.3) is 0 Å². The number of allylic oxidation sites excluding steroid dienone is 1. The first-order valence-electron chi connectivity index (χ1n) is 10.7. The minimum absolute atomic E-state index is 0.0596. The molecule has 5 atom stereocenters. The van der Waals surface area contributed by atoms with Crippen molar-refractivity contribution in [2.45, 2.75) is 58.0 Å². The molecule has 2 aromatic carbocycles. The number of aliphatic hydroxyl groups excluding tert-OH is 1. The van der Waals surface area contributed by atoms with Gasteiger partial charge in [-0.15, -0.1) is 6.58 Å². The van der Waals surface area contributed by atoms with Crippen LogP contribution < -0.4 is 9.47 Å². The Hall–Kier alpha value is -2.30. The molecule has 1 heterocycles. The van der Waals surface area contributed by atoms with E-state index in [1.807, 2.05) is 66.7 Å². The number of para-hydroxylation sites is 2. The fourth-order valence-electron chi connectivity index (χ4n) is 4.20. The van der Waals surface area contributed by atoms with E-state index in [0.717, 1.165) is 24.3 Å². The second kappa shape index (κ2) is 10.1. The first-order valence-corrected chi connectivity index (χ1v) is 10.7. The second-order valence-electron chi connectivity index (χ2n) is 8.92. The van der Waals surface area contributed by atoms with Gasteiger partial charge in [-0.05, 0) is 48.4 Å². The average Bonchev–Trinajstić information content (AvgIpc) is 3.05. The predicted molar refractivity (Wildman–Crippen MR) is 120 cm³/mol. The molecule has 4 nitrogen and oxygen atoms in total. The smallest absolute Gasteiger partial charge is 0.166 e. The number of aliphatic hydroxyl groups is 1. The Morgan fingerprint density at radius 3 is 1.93 bits per heavy atom. The highest BCUT2D eigenvalue weighted by Crippen LogP contribution is 2.35. The zero-order valence-corrected chi connectivity index (χ0v) is 18.2. The van der Waals surface area contributed by atoms with Crippen molar-refractivity contribution in [2.75, 3.05) is 6.61 Å². The summed E-state index contributed by atoms with van der Waals surface area (Å²) in [4.78, 5) is 0. The molecule has 0 spiro atoms. The van der Waals surface area contributed by atoms with Crippen molar-refractivity contribution in [1.82, 2.24) is 0 Å². The van der Waals surface area contributed by atoms with Gasteiger partial charge < -0.3 is 19.3 Å². The monoisotopic (exact) mass is 410 g/mol. The van der Waals surface area contributed by atoms with E-state index in [1.165, 1.54) is 0 Å². The summed E-state index contributed by atoms with van der Waals surface area (Å²) in [5.41, 5.74) is 0.0596. The Balaban J connectivity index is 1.81. The minimum Gasteiger partial charge on any atom is -0.484 e. The van der Waals surface area contributed by atoms with E-state index < -0.39 is 12.2 Å². The molecule has 0 aromatic heterocycles. The maximum absolute atomic E-state index is 10.0. The molecular formula is C26H34O4. The standard InChI is InChI=1S/C26H34O4/c1-5-26(3,4)17-19(2)16-22-24(28-20-12-8-6-9-13-20)25(23(18-27)30-22)29-21-14-10-7-11-15-21/h5-15,19,22-25,27H,1,16-18H2,2-4H3. The van der Waals surface area contributed by atoms with Crippen LogP contribution in [0.3, 0.4) is 0 Å². The Morgan fingerprint density at radius 1 is 0.967 bits per heavy atom. The molecule has 5 unspecified atom stereocenters. The van der Waals surface area contributed by atoms with Crippen LogP contribution in [0, 0.1) is 11.3 Å². The number of benzene rings is 2. The molecule has 0 bridgehead atoms. The molecule has 0 saturated carbocycles. The molecule has 4 heteroatoms. The summed E-state index contributed by atoms with van der Waals surface area (Å²) in [6, 6.07) is 19.4. The quantitative estimate of drug-likeness (QED) is 0.542. The van der Waals surface area contributed by atoms with E-state index in [2.05, 4.69) is 27.4 Å². The molecule has 1 saturated heterocycles. The molecule has 1 N–H and O–H groups in total. The van der Waals surface area contributed by atoms with Gasteiger partial charge in [-0.25, -0.2) is 0 Å². The maximum atomic E-state index is 10.0. The Kier molecular flexibility index (Phi) is 7.57. The summed E-state index contributed by atoms with van der Waals surface area (Å²) in [5, 5.41) is 10.0. The topological polar surface area (TPSA) is 47.9 Å². The summed E-state index contributed by atoms with van der Waals surface area (Å²) in [5.74, 6) is 1.92. The first kappa shape index (κ1) is 22.4. The van der Waals surface area contributed by atoms with Crippen molar-refractivity contribution in [3.8, 4) is 11.5 Å². The van der Waals surface area contributed by atoms with E-state index in [0.29, 0.717) is 5.92 Å². The maximum Gasteiger partial charge on any atom is 0.166 e. The van der Waals surface area contributed by atoms with Crippen LogP contribution in [0.5, 0.6) is 11.5 Å². The molecular weight excluding hydrogens is 376 g/mol. The SMILES string of the molecule is C=CC(C)(C)CC(C)CC1OC(CO)C(Oc2ccccc2)C1Oc1ccccc1. The molecule has 162 valence electrons. The van der Waals surface area contributed by atoms with E-state index >= 15 is 0 Å². The third kappa shape index (κ3) is 5.87. The molecule has 0 amide bonds. The molecule has 0 radical (unpaired) electrons. The molecule has 0 aliphatic carbocycles. The van der Waals surface area contributed by atoms with Crippen LogP contribution in [0.4, 0.5) is 0 Å². The molecule has 1 aliphatic rings. The highest BCUT2D eigenvalue weighted by molar-refractivity contribution is 5.24. The number of ether oxygens (including phenoxy) is 3. The summed E-state index contributed by atoms with van der Waals surface area (Å²) >= 11 is 0. The van der Waals surface area contributed by atoms with Crippen LogP contribution in [-0.2, 0) is 4.74 Å². The fourth-order valence-corrected chi connectivity index (χ4v) is 4.20. The number of rotatable bonds is 10. The largest absolute Gasteiger partial charge is 0.484 e. The van der Waals surface area contributed by atoms with E-state index in [-0.39, 0.29) is 24.2 Å². The van der Waals surface area contributed by atoms with Crippen LogP contribution >= 0.6 is 0 Å². The van der Waals surface area contributed by atoms with E-state index in [4.69, 9.17) is 14.2 Å². The van der Waals surface area contributed by atoms with Crippen LogP contribution in [-0.4, -0.2) is 36.1 Å². The van der Waals surface area contributed by atoms with Crippen molar-refractivity contribution >= 4 is 0 Å². The van der Waals surface area contributed by atoms with Gasteiger partial charge in [0.15, 0.2) is 12.2 Å². The summed E-state index contributed by atoms with van der Waals surface area (Å²) in [6.45, 7) is 10.5. The van der Waals surface area contributed by atoms with Crippen molar-refractivity contribution < 1.29 is 19.3 Å². The van der Waals surface area contributed by atoms with Crippen LogP contribution in [0.15, 0.2) is 73.3 Å². The van der Waals surface area contributed by atoms with Gasteiger partial charge in [-0.2, -0.15) is 0 Å². The minimum atomic E-state index is -0.441. The molecule has 3 rings (SSSR count). The van der Waals surface area contributed by atoms with Gasteiger partial charge in [-0.1, -0.05) is 63.2 Å². The predicted octanol–water partition coefficient (Wildman–Crippen LogP) is 5.27. The van der Waals surface area contributed by atoms with Crippen molar-refractivity contribution in [3.05, 3.63) is 73.3 Å². The Labute approximate surface area is 180 Å². The Bertz CT molecular complexity index is 774. The van der Waals surface area contributed by atoms with Crippen molar-refractivity contribution in [1.29, 1.82) is 0 Å². The molecule has 2 aromatic rings. The normalized spacial score (nSPS) is 24.9. The second-order valence-corrected chi connectivity index (χ2v) is 8.92. The summed E-state index contributed by atoms with van der Waals surface area (Å²) in [7, 11) is 0. The van der Waals surface area contributed by atoms with Gasteiger partial charge in [0.05, 0.1) is 12.7 Å². The van der Waals surface area contributed by atoms with Crippen molar-refractivity contribution in [3.63, 3.8) is 0 Å². The van der Waals surface area contributed by atoms with Crippen molar-refractivity contribution in [2.24, 2.45) is 11.3 Å². The highest BCUT2D eigenvalue weighted by atomic mass is 16.6. The lowest BCUT2D eigenvalue weighted by atomic mass is 9.81.